The van der Waals surface area contributed by atoms with Gasteiger partial charge in [0.25, 0.3) is 0 Å². The number of aryl methyl sites for hydroxylation is 3. The topological polar surface area (TPSA) is 21.1 Å². The molecule has 3 heteroatoms. The average Bonchev–Trinajstić information content (AvgIpc) is 2.83. The molecule has 2 heterocycles. The number of hydrogen-bond acceptors (Lipinski definition) is 2. The average molecular weight is 317 g/mol. The van der Waals surface area contributed by atoms with Crippen LogP contribution in [-0.2, 0) is 26.6 Å². The molecule has 0 aliphatic carbocycles. The van der Waals surface area contributed by atoms with Crippen molar-refractivity contribution in [1.82, 2.24) is 9.78 Å². The molecule has 3 aromatic rings. The van der Waals surface area contributed by atoms with Crippen LogP contribution in [0.3, 0.4) is 0 Å². The molecule has 1 aliphatic heterocycles. The van der Waals surface area contributed by atoms with Gasteiger partial charge in [-0.05, 0) is 42.2 Å². The van der Waals surface area contributed by atoms with Gasteiger partial charge in [-0.3, -0.25) is 4.68 Å². The van der Waals surface area contributed by atoms with E-state index in [1.165, 1.54) is 39.2 Å². The first-order valence-electron chi connectivity index (χ1n) is 8.50. The predicted molar refractivity (Wildman–Crippen MR) is 98.3 cm³/mol. The first-order valence-corrected chi connectivity index (χ1v) is 8.50. The minimum absolute atomic E-state index is 0.910. The molecule has 3 nitrogen and oxygen atoms in total. The van der Waals surface area contributed by atoms with Crippen LogP contribution in [0.15, 0.2) is 48.7 Å². The number of aromatic nitrogens is 2. The quantitative estimate of drug-likeness (QED) is 0.708. The van der Waals surface area contributed by atoms with E-state index in [-0.39, 0.29) is 0 Å². The lowest BCUT2D eigenvalue weighted by Gasteiger charge is -2.25. The number of hydrogen-bond donors (Lipinski definition) is 0. The van der Waals surface area contributed by atoms with Gasteiger partial charge < -0.3 is 4.90 Å². The van der Waals surface area contributed by atoms with E-state index in [1.807, 2.05) is 17.9 Å². The maximum atomic E-state index is 4.47. The number of rotatable bonds is 2. The van der Waals surface area contributed by atoms with E-state index in [1.54, 1.807) is 0 Å². The molecule has 0 fully saturated rings. The Morgan fingerprint density at radius 2 is 1.83 bits per heavy atom. The molecular weight excluding hydrogens is 294 g/mol. The van der Waals surface area contributed by atoms with Gasteiger partial charge in [-0.2, -0.15) is 5.10 Å². The smallest absolute Gasteiger partial charge is 0.0542 e. The van der Waals surface area contributed by atoms with Crippen LogP contribution >= 0.6 is 0 Å². The summed E-state index contributed by atoms with van der Waals surface area (Å²) in [5.74, 6) is 0. The number of fused-ring (bicyclic) bond motifs is 2. The van der Waals surface area contributed by atoms with E-state index >= 15 is 0 Å². The molecular formula is C21H23N3. The van der Waals surface area contributed by atoms with E-state index in [2.05, 4.69) is 66.3 Å². The predicted octanol–water partition coefficient (Wildman–Crippen LogP) is 4.15. The summed E-state index contributed by atoms with van der Waals surface area (Å²) in [6, 6.07) is 15.5. The fourth-order valence-corrected chi connectivity index (χ4v) is 3.57. The number of benzene rings is 2. The van der Waals surface area contributed by atoms with Gasteiger partial charge in [0, 0.05) is 43.5 Å². The van der Waals surface area contributed by atoms with E-state index in [0.29, 0.717) is 0 Å². The monoisotopic (exact) mass is 317 g/mol. The molecule has 0 spiro atoms. The molecule has 0 bridgehead atoms. The Kier molecular flexibility index (Phi) is 3.64. The van der Waals surface area contributed by atoms with E-state index in [4.69, 9.17) is 0 Å². The van der Waals surface area contributed by atoms with Crippen LogP contribution in [0.25, 0.3) is 0 Å². The summed E-state index contributed by atoms with van der Waals surface area (Å²) < 4.78 is 2.02. The van der Waals surface area contributed by atoms with Crippen molar-refractivity contribution in [2.45, 2.75) is 33.4 Å². The van der Waals surface area contributed by atoms with Crippen molar-refractivity contribution in [3.63, 3.8) is 0 Å². The van der Waals surface area contributed by atoms with Crippen molar-refractivity contribution in [2.24, 2.45) is 7.05 Å². The molecule has 0 atom stereocenters. The second-order valence-electron chi connectivity index (χ2n) is 6.82. The lowest BCUT2D eigenvalue weighted by atomic mass is 10.0. The molecule has 2 aromatic carbocycles. The van der Waals surface area contributed by atoms with Crippen molar-refractivity contribution in [1.29, 1.82) is 0 Å². The Morgan fingerprint density at radius 3 is 2.67 bits per heavy atom. The van der Waals surface area contributed by atoms with Gasteiger partial charge >= 0.3 is 0 Å². The van der Waals surface area contributed by atoms with Gasteiger partial charge in [0.05, 0.1) is 6.20 Å². The first kappa shape index (κ1) is 15.0. The third kappa shape index (κ3) is 2.60. The fraction of sp³-hybridized carbons (Fsp3) is 0.286. The molecule has 24 heavy (non-hydrogen) atoms. The summed E-state index contributed by atoms with van der Waals surface area (Å²) >= 11 is 0. The lowest BCUT2D eigenvalue weighted by Crippen LogP contribution is -2.22. The van der Waals surface area contributed by atoms with Gasteiger partial charge in [0.15, 0.2) is 0 Å². The zero-order valence-corrected chi connectivity index (χ0v) is 14.6. The second kappa shape index (κ2) is 5.82. The third-order valence-corrected chi connectivity index (χ3v) is 5.14. The molecule has 0 N–H and O–H groups in total. The van der Waals surface area contributed by atoms with Crippen molar-refractivity contribution >= 4 is 5.69 Å². The summed E-state index contributed by atoms with van der Waals surface area (Å²) in [5, 5.41) is 4.47. The Hall–Kier alpha value is -2.55. The fourth-order valence-electron chi connectivity index (χ4n) is 3.57. The van der Waals surface area contributed by atoms with Crippen molar-refractivity contribution in [2.75, 3.05) is 4.90 Å². The van der Waals surface area contributed by atoms with Gasteiger partial charge in [-0.1, -0.05) is 36.4 Å². The van der Waals surface area contributed by atoms with Crippen molar-refractivity contribution < 1.29 is 0 Å². The van der Waals surface area contributed by atoms with Crippen molar-refractivity contribution in [3.05, 3.63) is 82.2 Å². The minimum atomic E-state index is 0.910. The Morgan fingerprint density at radius 1 is 1.00 bits per heavy atom. The van der Waals surface area contributed by atoms with Crippen molar-refractivity contribution in [3.8, 4) is 0 Å². The van der Waals surface area contributed by atoms with Crippen LogP contribution in [0.2, 0.25) is 0 Å². The van der Waals surface area contributed by atoms with E-state index < -0.39 is 0 Å². The van der Waals surface area contributed by atoms with E-state index in [9.17, 15) is 0 Å². The molecule has 1 aromatic heterocycles. The standard InChI is InChI=1S/C21H23N3/c1-15-8-9-17(10-16(15)2)13-24-14-19-12-22-23(3)21(19)11-18-6-4-5-7-20(18)24/h4-10,12H,11,13-14H2,1-3H3. The number of para-hydroxylation sites is 1. The normalized spacial score (nSPS) is 13.4. The van der Waals surface area contributed by atoms with Crippen LogP contribution in [0.1, 0.15) is 33.5 Å². The molecule has 4 rings (SSSR count). The summed E-state index contributed by atoms with van der Waals surface area (Å²) in [6.45, 7) is 6.19. The molecule has 0 unspecified atom stereocenters. The molecule has 0 amide bonds. The molecule has 0 radical (unpaired) electrons. The zero-order chi connectivity index (χ0) is 16.7. The molecule has 0 saturated carbocycles. The highest BCUT2D eigenvalue weighted by Gasteiger charge is 2.21. The van der Waals surface area contributed by atoms with Gasteiger partial charge in [0.2, 0.25) is 0 Å². The first-order chi connectivity index (χ1) is 11.6. The largest absolute Gasteiger partial charge is 0.363 e. The van der Waals surface area contributed by atoms with Crippen LogP contribution in [-0.4, -0.2) is 9.78 Å². The molecule has 1 aliphatic rings. The highest BCUT2D eigenvalue weighted by atomic mass is 15.3. The summed E-state index contributed by atoms with van der Waals surface area (Å²) in [7, 11) is 2.04. The lowest BCUT2D eigenvalue weighted by molar-refractivity contribution is 0.723. The molecule has 0 saturated heterocycles. The van der Waals surface area contributed by atoms with Gasteiger partial charge in [0.1, 0.15) is 0 Å². The summed E-state index contributed by atoms with van der Waals surface area (Å²) in [4.78, 5) is 2.48. The Bertz CT molecular complexity index is 892. The minimum Gasteiger partial charge on any atom is -0.363 e. The van der Waals surface area contributed by atoms with Crippen LogP contribution < -0.4 is 4.90 Å². The summed E-state index contributed by atoms with van der Waals surface area (Å²) in [5.41, 5.74) is 9.45. The maximum Gasteiger partial charge on any atom is 0.0542 e. The SMILES string of the molecule is Cc1ccc(CN2Cc3cnn(C)c3Cc3ccccc32)cc1C. The van der Waals surface area contributed by atoms with Gasteiger partial charge in [-0.15, -0.1) is 0 Å². The zero-order valence-electron chi connectivity index (χ0n) is 14.6. The van der Waals surface area contributed by atoms with Crippen LogP contribution in [0.5, 0.6) is 0 Å². The second-order valence-corrected chi connectivity index (χ2v) is 6.82. The highest BCUT2D eigenvalue weighted by Crippen LogP contribution is 2.31. The number of nitrogens with zero attached hydrogens (tertiary/aromatic N) is 3. The van der Waals surface area contributed by atoms with Crippen LogP contribution in [0.4, 0.5) is 5.69 Å². The molecule has 122 valence electrons. The Labute approximate surface area is 143 Å². The highest BCUT2D eigenvalue weighted by molar-refractivity contribution is 5.58. The number of anilines is 1. The Balaban J connectivity index is 1.74. The van der Waals surface area contributed by atoms with Gasteiger partial charge in [-0.25, -0.2) is 0 Å². The maximum absolute atomic E-state index is 4.47. The van der Waals surface area contributed by atoms with Crippen LogP contribution in [0, 0.1) is 13.8 Å². The summed E-state index contributed by atoms with van der Waals surface area (Å²) in [6.07, 6.45) is 2.97. The third-order valence-electron chi connectivity index (χ3n) is 5.14. The van der Waals surface area contributed by atoms with E-state index in [0.717, 1.165) is 19.5 Å².